The lowest BCUT2D eigenvalue weighted by atomic mass is 10.1. The molecule has 0 radical (unpaired) electrons. The summed E-state index contributed by atoms with van der Waals surface area (Å²) in [5.74, 6) is -0.407. The fraction of sp³-hybridized carbons (Fsp3) is 0.222. The van der Waals surface area contributed by atoms with E-state index in [-0.39, 0.29) is 22.7 Å². The van der Waals surface area contributed by atoms with Crippen LogP contribution in [0.25, 0.3) is 16.7 Å². The molecule has 4 heterocycles. The number of benzene rings is 1. The molecule has 0 aliphatic heterocycles. The topological polar surface area (TPSA) is 110 Å². The second-order valence-corrected chi connectivity index (χ2v) is 8.91. The van der Waals surface area contributed by atoms with Crippen LogP contribution in [-0.2, 0) is 13.1 Å². The number of amides is 1. The van der Waals surface area contributed by atoms with Gasteiger partial charge in [-0.05, 0) is 43.5 Å². The third kappa shape index (κ3) is 4.43. The molecule has 0 saturated heterocycles. The van der Waals surface area contributed by atoms with E-state index in [9.17, 15) is 9.59 Å². The van der Waals surface area contributed by atoms with Gasteiger partial charge in [0.05, 0.1) is 23.3 Å². The summed E-state index contributed by atoms with van der Waals surface area (Å²) in [6.07, 6.45) is 7.73. The minimum atomic E-state index is -0.407. The quantitative estimate of drug-likeness (QED) is 0.348. The molecule has 0 saturated carbocycles. The standard InChI is InChI=1S/C27H27N7O2/c1-18-9-10-23-31-25-22(27(36)34(23)16-18)15-21(26(35)30-19(2)20-7-4-3-5-8-20)24(28)33(25)13-6-12-32-14-11-29-17-32/h3-5,7-11,14-17,19,28H,6,12-13H2,1-2H3,(H,30,35)/t19-/m1/s1. The number of carbonyl (C=O) groups excluding carboxylic acids is 1. The number of imidazole rings is 1. The smallest absolute Gasteiger partial charge is 0.267 e. The van der Waals surface area contributed by atoms with Gasteiger partial charge in [-0.2, -0.15) is 0 Å². The zero-order valence-corrected chi connectivity index (χ0v) is 20.2. The maximum Gasteiger partial charge on any atom is 0.267 e. The van der Waals surface area contributed by atoms with Crippen molar-refractivity contribution in [3.05, 3.63) is 106 Å². The third-order valence-corrected chi connectivity index (χ3v) is 6.30. The Bertz CT molecular complexity index is 1670. The van der Waals surface area contributed by atoms with Crippen LogP contribution < -0.4 is 16.4 Å². The molecule has 1 aromatic carbocycles. The summed E-state index contributed by atoms with van der Waals surface area (Å²) in [5.41, 5.74) is 2.66. The fourth-order valence-electron chi connectivity index (χ4n) is 4.36. The van der Waals surface area contributed by atoms with Crippen molar-refractivity contribution in [2.24, 2.45) is 0 Å². The van der Waals surface area contributed by atoms with Gasteiger partial charge < -0.3 is 14.5 Å². The molecule has 0 aliphatic rings. The summed E-state index contributed by atoms with van der Waals surface area (Å²) in [6.45, 7) is 4.89. The van der Waals surface area contributed by atoms with E-state index in [4.69, 9.17) is 10.4 Å². The van der Waals surface area contributed by atoms with E-state index in [0.717, 1.165) is 11.1 Å². The Balaban J connectivity index is 1.60. The van der Waals surface area contributed by atoms with Gasteiger partial charge in [0, 0.05) is 31.7 Å². The predicted molar refractivity (Wildman–Crippen MR) is 137 cm³/mol. The first-order valence-corrected chi connectivity index (χ1v) is 11.8. The zero-order chi connectivity index (χ0) is 25.2. The van der Waals surface area contributed by atoms with Crippen LogP contribution in [0.15, 0.2) is 78.2 Å². The van der Waals surface area contributed by atoms with Crippen molar-refractivity contribution in [1.29, 1.82) is 5.41 Å². The molecule has 0 aliphatic carbocycles. The van der Waals surface area contributed by atoms with Crippen molar-refractivity contribution in [3.8, 4) is 0 Å². The van der Waals surface area contributed by atoms with Gasteiger partial charge in [-0.3, -0.25) is 19.4 Å². The first-order chi connectivity index (χ1) is 17.4. The largest absolute Gasteiger partial charge is 0.345 e. The fourth-order valence-corrected chi connectivity index (χ4v) is 4.36. The van der Waals surface area contributed by atoms with Crippen LogP contribution in [0.1, 0.15) is 40.9 Å². The number of fused-ring (bicyclic) bond motifs is 2. The van der Waals surface area contributed by atoms with Gasteiger partial charge in [0.25, 0.3) is 11.5 Å². The van der Waals surface area contributed by atoms with Crippen LogP contribution in [-0.4, -0.2) is 29.4 Å². The summed E-state index contributed by atoms with van der Waals surface area (Å²) in [6, 6.07) is 14.5. The van der Waals surface area contributed by atoms with E-state index in [1.807, 2.05) is 61.0 Å². The summed E-state index contributed by atoms with van der Waals surface area (Å²) in [7, 11) is 0. The van der Waals surface area contributed by atoms with Gasteiger partial charge in [-0.25, -0.2) is 9.97 Å². The Labute approximate surface area is 207 Å². The highest BCUT2D eigenvalue weighted by Crippen LogP contribution is 2.15. The molecule has 1 atom stereocenters. The predicted octanol–water partition coefficient (Wildman–Crippen LogP) is 3.21. The number of aromatic nitrogens is 5. The Kier molecular flexibility index (Phi) is 6.20. The number of rotatable bonds is 7. The number of pyridine rings is 2. The van der Waals surface area contributed by atoms with Gasteiger partial charge in [0.1, 0.15) is 16.8 Å². The molecule has 5 rings (SSSR count). The molecule has 0 bridgehead atoms. The molecule has 9 nitrogen and oxygen atoms in total. The van der Waals surface area contributed by atoms with Crippen molar-refractivity contribution < 1.29 is 4.79 Å². The van der Waals surface area contributed by atoms with Gasteiger partial charge >= 0.3 is 0 Å². The van der Waals surface area contributed by atoms with Crippen molar-refractivity contribution in [3.63, 3.8) is 0 Å². The van der Waals surface area contributed by atoms with Crippen LogP contribution in [0.5, 0.6) is 0 Å². The molecule has 5 aromatic rings. The van der Waals surface area contributed by atoms with Gasteiger partial charge in [0.2, 0.25) is 0 Å². The minimum Gasteiger partial charge on any atom is -0.345 e. The summed E-state index contributed by atoms with van der Waals surface area (Å²) in [5, 5.41) is 12.2. The lowest BCUT2D eigenvalue weighted by Gasteiger charge is -2.17. The minimum absolute atomic E-state index is 0.0225. The molecule has 36 heavy (non-hydrogen) atoms. The Hall–Kier alpha value is -4.53. The molecule has 2 N–H and O–H groups in total. The highest BCUT2D eigenvalue weighted by molar-refractivity contribution is 5.97. The molecule has 182 valence electrons. The number of nitrogens with one attached hydrogen (secondary N) is 2. The highest BCUT2D eigenvalue weighted by atomic mass is 16.2. The molecular formula is C27H27N7O2. The number of carbonyl (C=O) groups is 1. The van der Waals surface area contributed by atoms with E-state index < -0.39 is 5.91 Å². The third-order valence-electron chi connectivity index (χ3n) is 6.30. The number of aryl methyl sites for hydroxylation is 3. The monoisotopic (exact) mass is 481 g/mol. The average molecular weight is 482 g/mol. The molecular weight excluding hydrogens is 454 g/mol. The molecule has 4 aromatic heterocycles. The second-order valence-electron chi connectivity index (χ2n) is 8.91. The number of hydrogen-bond donors (Lipinski definition) is 2. The number of nitrogens with zero attached hydrogens (tertiary/aromatic N) is 5. The highest BCUT2D eigenvalue weighted by Gasteiger charge is 2.19. The zero-order valence-electron chi connectivity index (χ0n) is 20.2. The van der Waals surface area contributed by atoms with E-state index in [1.165, 1.54) is 10.5 Å². The van der Waals surface area contributed by atoms with E-state index >= 15 is 0 Å². The van der Waals surface area contributed by atoms with Crippen LogP contribution in [0, 0.1) is 12.3 Å². The lowest BCUT2D eigenvalue weighted by Crippen LogP contribution is -2.36. The van der Waals surface area contributed by atoms with Crippen LogP contribution in [0.2, 0.25) is 0 Å². The van der Waals surface area contributed by atoms with Crippen LogP contribution in [0.3, 0.4) is 0 Å². The normalized spacial score (nSPS) is 12.2. The molecule has 1 amide bonds. The summed E-state index contributed by atoms with van der Waals surface area (Å²) >= 11 is 0. The maximum atomic E-state index is 13.5. The van der Waals surface area contributed by atoms with Crippen molar-refractivity contribution in [1.82, 2.24) is 28.8 Å². The molecule has 0 spiro atoms. The SMILES string of the molecule is Cc1ccc2nc3c(cc(C(=O)N[C@H](C)c4ccccc4)c(=N)n3CCCn3ccnc3)c(=O)n2c1. The Morgan fingerprint density at radius 3 is 2.69 bits per heavy atom. The van der Waals surface area contributed by atoms with Gasteiger partial charge in [-0.1, -0.05) is 36.4 Å². The van der Waals surface area contributed by atoms with Crippen LogP contribution >= 0.6 is 0 Å². The van der Waals surface area contributed by atoms with Gasteiger partial charge in [0.15, 0.2) is 0 Å². The average Bonchev–Trinajstić information content (AvgIpc) is 3.40. The second kappa shape index (κ2) is 9.61. The summed E-state index contributed by atoms with van der Waals surface area (Å²) in [4.78, 5) is 35.6. The number of hydrogen-bond acceptors (Lipinski definition) is 5. The molecule has 0 fully saturated rings. The Morgan fingerprint density at radius 2 is 1.94 bits per heavy atom. The maximum absolute atomic E-state index is 13.5. The van der Waals surface area contributed by atoms with Crippen LogP contribution in [0.4, 0.5) is 0 Å². The lowest BCUT2D eigenvalue weighted by molar-refractivity contribution is 0.0937. The Morgan fingerprint density at radius 1 is 1.14 bits per heavy atom. The molecule has 0 unspecified atom stereocenters. The van der Waals surface area contributed by atoms with Crippen molar-refractivity contribution >= 4 is 22.6 Å². The molecule has 9 heteroatoms. The van der Waals surface area contributed by atoms with E-state index in [1.54, 1.807) is 29.4 Å². The van der Waals surface area contributed by atoms with Crippen molar-refractivity contribution in [2.75, 3.05) is 0 Å². The van der Waals surface area contributed by atoms with E-state index in [0.29, 0.717) is 36.2 Å². The summed E-state index contributed by atoms with van der Waals surface area (Å²) < 4.78 is 5.10. The van der Waals surface area contributed by atoms with E-state index in [2.05, 4.69) is 10.3 Å². The first kappa shape index (κ1) is 23.2. The van der Waals surface area contributed by atoms with Gasteiger partial charge in [-0.15, -0.1) is 0 Å². The van der Waals surface area contributed by atoms with Crippen molar-refractivity contribution in [2.45, 2.75) is 39.4 Å². The first-order valence-electron chi connectivity index (χ1n) is 11.8.